The van der Waals surface area contributed by atoms with Crippen LogP contribution in [0.4, 0.5) is 4.39 Å². The van der Waals surface area contributed by atoms with Crippen LogP contribution in [0.3, 0.4) is 0 Å². The van der Waals surface area contributed by atoms with Gasteiger partial charge in [0.05, 0.1) is 30.4 Å². The first-order valence-electron chi connectivity index (χ1n) is 11.3. The monoisotopic (exact) mass is 465 g/mol. The van der Waals surface area contributed by atoms with Crippen molar-refractivity contribution in [3.8, 4) is 5.69 Å². The molecule has 178 valence electrons. The lowest BCUT2D eigenvalue weighted by atomic mass is 9.81. The number of carboxylic acid groups (broad SMARTS) is 1. The Morgan fingerprint density at radius 1 is 1.35 bits per heavy atom. The summed E-state index contributed by atoms with van der Waals surface area (Å²) in [5.74, 6) is -1.42. The van der Waals surface area contributed by atoms with Gasteiger partial charge >= 0.3 is 5.97 Å². The first-order valence-corrected chi connectivity index (χ1v) is 11.3. The number of hydrogen-bond donors (Lipinski definition) is 2. The third-order valence-electron chi connectivity index (χ3n) is 6.90. The van der Waals surface area contributed by atoms with Crippen molar-refractivity contribution in [1.29, 1.82) is 0 Å². The smallest absolute Gasteiger partial charge is 0.335 e. The number of H-pyrrole nitrogens is 1. The molecule has 1 saturated heterocycles. The molecule has 0 spiro atoms. The Hall–Kier alpha value is -3.23. The van der Waals surface area contributed by atoms with Crippen LogP contribution in [0.2, 0.25) is 0 Å². The van der Waals surface area contributed by atoms with E-state index in [2.05, 4.69) is 40.7 Å². The van der Waals surface area contributed by atoms with Crippen LogP contribution in [-0.2, 0) is 19.7 Å². The number of rotatable bonds is 6. The van der Waals surface area contributed by atoms with Gasteiger partial charge in [-0.2, -0.15) is 5.10 Å². The topological polar surface area (TPSA) is 89.4 Å². The maximum absolute atomic E-state index is 13.8. The molecule has 7 nitrogen and oxygen atoms in total. The third-order valence-corrected chi connectivity index (χ3v) is 6.90. The molecule has 1 aliphatic heterocycles. The molecule has 2 aromatic carbocycles. The van der Waals surface area contributed by atoms with E-state index in [1.165, 1.54) is 12.1 Å². The number of benzene rings is 2. The zero-order valence-corrected chi connectivity index (χ0v) is 19.7. The van der Waals surface area contributed by atoms with Crippen LogP contribution in [0, 0.1) is 5.82 Å². The highest BCUT2D eigenvalue weighted by molar-refractivity contribution is 5.99. The summed E-state index contributed by atoms with van der Waals surface area (Å²) in [6.45, 7) is 6.58. The summed E-state index contributed by atoms with van der Waals surface area (Å²) in [5.41, 5.74) is 2.99. The maximum atomic E-state index is 13.8. The second-order valence-corrected chi connectivity index (χ2v) is 9.97. The van der Waals surface area contributed by atoms with Crippen LogP contribution >= 0.6 is 0 Å². The fraction of sp³-hybridized carbons (Fsp3) is 0.385. The van der Waals surface area contributed by atoms with Crippen LogP contribution in [0.15, 0.2) is 42.6 Å². The Morgan fingerprint density at radius 2 is 2.09 bits per heavy atom. The van der Waals surface area contributed by atoms with E-state index in [1.54, 1.807) is 32.4 Å². The first-order chi connectivity index (χ1) is 16.1. The summed E-state index contributed by atoms with van der Waals surface area (Å²) in [6, 6.07) is 10.6. The molecule has 34 heavy (non-hydrogen) atoms. The van der Waals surface area contributed by atoms with Crippen LogP contribution in [0.5, 0.6) is 0 Å². The first kappa shape index (κ1) is 22.6. The number of carboxylic acids is 1. The second-order valence-electron chi connectivity index (χ2n) is 9.97. The zero-order chi connectivity index (χ0) is 24.3. The van der Waals surface area contributed by atoms with Gasteiger partial charge in [-0.3, -0.25) is 5.10 Å². The number of aliphatic carboxylic acids is 1. The minimum atomic E-state index is -1.25. The van der Waals surface area contributed by atoms with Crippen molar-refractivity contribution in [3.05, 3.63) is 59.7 Å². The fourth-order valence-electron chi connectivity index (χ4n) is 5.32. The Bertz CT molecular complexity index is 1390. The van der Waals surface area contributed by atoms with Gasteiger partial charge in [-0.15, -0.1) is 0 Å². The number of aromatic nitrogens is 3. The number of nitrogens with one attached hydrogen (secondary N) is 1. The lowest BCUT2D eigenvalue weighted by Gasteiger charge is -2.29. The standard InChI is InChI=1S/C26H28FN3O4/c1-25(2,14-33-4)23-22(16-11-26(3,24(31)32)34-13-16)19-10-20-15(12-28-29-20)9-21(19)30(23)18-7-5-17(27)6-8-18/h5-10,12,16H,11,13-14H2,1-4H3,(H,28,29)(H,31,32)/t16-,26+/m0/s1. The third kappa shape index (κ3) is 3.49. The molecule has 0 unspecified atom stereocenters. The van der Waals surface area contributed by atoms with Crippen molar-refractivity contribution < 1.29 is 23.8 Å². The molecule has 3 heterocycles. The second kappa shape index (κ2) is 7.92. The molecule has 1 aliphatic rings. The predicted molar refractivity (Wildman–Crippen MR) is 127 cm³/mol. The summed E-state index contributed by atoms with van der Waals surface area (Å²) in [7, 11) is 1.67. The van der Waals surface area contributed by atoms with E-state index in [0.29, 0.717) is 19.6 Å². The summed E-state index contributed by atoms with van der Waals surface area (Å²) < 4.78 is 27.4. The van der Waals surface area contributed by atoms with Crippen molar-refractivity contribution >= 4 is 27.8 Å². The SMILES string of the molecule is COCC(C)(C)c1c([C@@H]2CO[C@@](C)(C(=O)O)C2)c2cc3[nH]ncc3cc2n1-c1ccc(F)cc1. The Labute approximate surface area is 196 Å². The van der Waals surface area contributed by atoms with E-state index in [0.717, 1.165) is 38.8 Å². The summed E-state index contributed by atoms with van der Waals surface area (Å²) >= 11 is 0. The lowest BCUT2D eigenvalue weighted by Crippen LogP contribution is -2.34. The number of ether oxygens (including phenoxy) is 2. The highest BCUT2D eigenvalue weighted by atomic mass is 19.1. The van der Waals surface area contributed by atoms with Gasteiger partial charge in [-0.1, -0.05) is 13.8 Å². The molecular weight excluding hydrogens is 437 g/mol. The van der Waals surface area contributed by atoms with E-state index in [4.69, 9.17) is 9.47 Å². The number of halogens is 1. The van der Waals surface area contributed by atoms with Gasteiger partial charge < -0.3 is 19.1 Å². The molecule has 1 fully saturated rings. The highest BCUT2D eigenvalue weighted by Crippen LogP contribution is 2.47. The van der Waals surface area contributed by atoms with Crippen molar-refractivity contribution in [1.82, 2.24) is 14.8 Å². The van der Waals surface area contributed by atoms with Crippen molar-refractivity contribution in [3.63, 3.8) is 0 Å². The molecule has 2 atom stereocenters. The molecular formula is C26H28FN3O4. The molecule has 5 rings (SSSR count). The quantitative estimate of drug-likeness (QED) is 0.422. The minimum Gasteiger partial charge on any atom is -0.479 e. The van der Waals surface area contributed by atoms with Crippen LogP contribution in [-0.4, -0.2) is 51.8 Å². The summed E-state index contributed by atoms with van der Waals surface area (Å²) in [6.07, 6.45) is 2.12. The zero-order valence-electron chi connectivity index (χ0n) is 19.7. The van der Waals surface area contributed by atoms with Crippen LogP contribution < -0.4 is 0 Å². The molecule has 0 aliphatic carbocycles. The molecule has 0 amide bonds. The number of aromatic amines is 1. The van der Waals surface area contributed by atoms with Crippen molar-refractivity contribution in [2.24, 2.45) is 0 Å². The molecule has 8 heteroatoms. The predicted octanol–water partition coefficient (Wildman–Crippen LogP) is 4.92. The van der Waals surface area contributed by atoms with E-state index in [1.807, 2.05) is 0 Å². The average Bonchev–Trinajstić information content (AvgIpc) is 3.48. The minimum absolute atomic E-state index is 0.142. The van der Waals surface area contributed by atoms with Gasteiger partial charge in [0, 0.05) is 40.6 Å². The Morgan fingerprint density at radius 3 is 2.74 bits per heavy atom. The summed E-state index contributed by atoms with van der Waals surface area (Å²) in [5, 5.41) is 19.0. The fourth-order valence-corrected chi connectivity index (χ4v) is 5.32. The number of hydrogen-bond acceptors (Lipinski definition) is 4. The molecule has 0 saturated carbocycles. The van der Waals surface area contributed by atoms with Crippen LogP contribution in [0.1, 0.15) is 44.4 Å². The molecule has 0 bridgehead atoms. The van der Waals surface area contributed by atoms with Crippen molar-refractivity contribution in [2.45, 2.75) is 44.1 Å². The van der Waals surface area contributed by atoms with Gasteiger partial charge in [0.1, 0.15) is 5.82 Å². The lowest BCUT2D eigenvalue weighted by molar-refractivity contribution is -0.157. The Balaban J connectivity index is 1.87. The van der Waals surface area contributed by atoms with Gasteiger partial charge in [0.2, 0.25) is 0 Å². The van der Waals surface area contributed by atoms with E-state index in [-0.39, 0.29) is 11.7 Å². The number of methoxy groups -OCH3 is 1. The van der Waals surface area contributed by atoms with Gasteiger partial charge in [0.25, 0.3) is 0 Å². The van der Waals surface area contributed by atoms with Gasteiger partial charge in [-0.05, 0) is 55.3 Å². The largest absolute Gasteiger partial charge is 0.479 e. The van der Waals surface area contributed by atoms with E-state index in [9.17, 15) is 14.3 Å². The molecule has 0 radical (unpaired) electrons. The highest BCUT2D eigenvalue weighted by Gasteiger charge is 2.46. The van der Waals surface area contributed by atoms with E-state index < -0.39 is 17.0 Å². The number of nitrogens with zero attached hydrogens (tertiary/aromatic N) is 2. The van der Waals surface area contributed by atoms with Crippen LogP contribution in [0.25, 0.3) is 27.5 Å². The summed E-state index contributed by atoms with van der Waals surface area (Å²) in [4.78, 5) is 11.9. The van der Waals surface area contributed by atoms with Crippen molar-refractivity contribution in [2.75, 3.05) is 20.3 Å². The molecule has 2 aromatic heterocycles. The number of fused-ring (bicyclic) bond motifs is 2. The average molecular weight is 466 g/mol. The molecule has 2 N–H and O–H groups in total. The Kier molecular flexibility index (Phi) is 5.26. The normalized spacial score (nSPS) is 21.0. The van der Waals surface area contributed by atoms with Gasteiger partial charge in [-0.25, -0.2) is 9.18 Å². The maximum Gasteiger partial charge on any atom is 0.335 e. The number of carbonyl (C=O) groups is 1. The molecule has 4 aromatic rings. The van der Waals surface area contributed by atoms with Gasteiger partial charge in [0.15, 0.2) is 5.60 Å². The van der Waals surface area contributed by atoms with E-state index >= 15 is 0 Å².